The van der Waals surface area contributed by atoms with Gasteiger partial charge in [0, 0.05) is 40.9 Å². The van der Waals surface area contributed by atoms with E-state index in [2.05, 4.69) is 10.3 Å². The molecule has 114 valence electrons. The largest absolute Gasteiger partial charge is 0.396 e. The lowest BCUT2D eigenvalue weighted by Crippen LogP contribution is -2.13. The zero-order valence-electron chi connectivity index (χ0n) is 11.4. The Labute approximate surface area is 130 Å². The number of rotatable bonds is 6. The fourth-order valence-corrected chi connectivity index (χ4v) is 2.51. The van der Waals surface area contributed by atoms with Gasteiger partial charge in [-0.05, 0) is 18.2 Å². The van der Waals surface area contributed by atoms with Crippen LogP contribution >= 0.6 is 11.8 Å². The summed E-state index contributed by atoms with van der Waals surface area (Å²) < 4.78 is 0. The summed E-state index contributed by atoms with van der Waals surface area (Å²) >= 11 is 1.26. The fraction of sp³-hybridized carbons (Fsp3) is 0.143. The average Bonchev–Trinajstić information content (AvgIpc) is 2.53. The summed E-state index contributed by atoms with van der Waals surface area (Å²) in [5, 5.41) is 22.4. The Morgan fingerprint density at radius 1 is 1.32 bits per heavy atom. The Bertz CT molecular complexity index is 679. The second kappa shape index (κ2) is 7.53. The highest BCUT2D eigenvalue weighted by Crippen LogP contribution is 2.27. The topological polar surface area (TPSA) is 105 Å². The quantitative estimate of drug-likeness (QED) is 0.481. The molecule has 2 N–H and O–H groups in total. The minimum Gasteiger partial charge on any atom is -0.396 e. The Balaban J connectivity index is 2.30. The first-order chi connectivity index (χ1) is 10.6. The van der Waals surface area contributed by atoms with E-state index in [0.29, 0.717) is 16.3 Å². The van der Waals surface area contributed by atoms with Crippen LogP contribution in [0.3, 0.4) is 0 Å². The molecule has 2 rings (SSSR count). The number of nitrogens with zero attached hydrogens (tertiary/aromatic N) is 2. The van der Waals surface area contributed by atoms with Gasteiger partial charge in [-0.3, -0.25) is 19.9 Å². The van der Waals surface area contributed by atoms with Gasteiger partial charge in [0.05, 0.1) is 17.1 Å². The molecule has 0 aliphatic heterocycles. The zero-order valence-corrected chi connectivity index (χ0v) is 12.2. The molecule has 0 radical (unpaired) electrons. The number of aliphatic hydroxyl groups excluding tert-OH is 1. The van der Waals surface area contributed by atoms with Crippen molar-refractivity contribution in [2.45, 2.75) is 4.90 Å². The monoisotopic (exact) mass is 319 g/mol. The molecule has 0 unspecified atom stereocenters. The molecule has 0 atom stereocenters. The van der Waals surface area contributed by atoms with Crippen molar-refractivity contribution in [3.05, 3.63) is 58.4 Å². The lowest BCUT2D eigenvalue weighted by molar-refractivity contribution is -0.384. The number of benzene rings is 1. The van der Waals surface area contributed by atoms with E-state index in [-0.39, 0.29) is 17.9 Å². The third-order valence-corrected chi connectivity index (χ3v) is 3.76. The number of pyridine rings is 1. The fourth-order valence-electron chi connectivity index (χ4n) is 1.72. The van der Waals surface area contributed by atoms with Crippen molar-refractivity contribution >= 4 is 29.0 Å². The molecule has 1 aromatic heterocycles. The van der Waals surface area contributed by atoms with Crippen LogP contribution in [-0.2, 0) is 0 Å². The van der Waals surface area contributed by atoms with Crippen LogP contribution in [0, 0.1) is 10.1 Å². The van der Waals surface area contributed by atoms with Crippen molar-refractivity contribution in [1.82, 2.24) is 4.98 Å². The van der Waals surface area contributed by atoms with Gasteiger partial charge in [-0.25, -0.2) is 0 Å². The number of nitrogens with one attached hydrogen (secondary N) is 1. The van der Waals surface area contributed by atoms with Crippen LogP contribution in [0.25, 0.3) is 0 Å². The molecular weight excluding hydrogens is 306 g/mol. The molecular formula is C14H13N3O4S. The summed E-state index contributed by atoms with van der Waals surface area (Å²) in [6.07, 6.45) is 3.06. The van der Waals surface area contributed by atoms with Gasteiger partial charge in [0.15, 0.2) is 0 Å². The molecule has 0 spiro atoms. The Kier molecular flexibility index (Phi) is 5.45. The van der Waals surface area contributed by atoms with Crippen LogP contribution in [0.5, 0.6) is 0 Å². The van der Waals surface area contributed by atoms with Crippen molar-refractivity contribution in [3.63, 3.8) is 0 Å². The number of aromatic nitrogens is 1. The molecule has 0 aliphatic carbocycles. The summed E-state index contributed by atoms with van der Waals surface area (Å²) in [4.78, 5) is 27.1. The second-order valence-electron chi connectivity index (χ2n) is 4.20. The minimum atomic E-state index is -0.552. The van der Waals surface area contributed by atoms with Crippen LogP contribution in [-0.4, -0.2) is 33.3 Å². The normalized spacial score (nSPS) is 10.2. The van der Waals surface area contributed by atoms with Crippen LogP contribution in [0.2, 0.25) is 0 Å². The first kappa shape index (κ1) is 15.9. The van der Waals surface area contributed by atoms with E-state index in [4.69, 9.17) is 5.11 Å². The number of amides is 1. The maximum Gasteiger partial charge on any atom is 0.270 e. The molecule has 1 aromatic carbocycles. The van der Waals surface area contributed by atoms with Crippen LogP contribution in [0.1, 0.15) is 10.4 Å². The highest BCUT2D eigenvalue weighted by atomic mass is 32.2. The molecule has 22 heavy (non-hydrogen) atoms. The van der Waals surface area contributed by atoms with E-state index in [1.807, 2.05) is 0 Å². The molecule has 0 bridgehead atoms. The molecule has 0 fully saturated rings. The van der Waals surface area contributed by atoms with Crippen molar-refractivity contribution in [2.24, 2.45) is 0 Å². The average molecular weight is 319 g/mol. The van der Waals surface area contributed by atoms with Gasteiger partial charge in [-0.15, -0.1) is 11.8 Å². The van der Waals surface area contributed by atoms with Crippen LogP contribution in [0.15, 0.2) is 47.6 Å². The summed E-state index contributed by atoms with van der Waals surface area (Å²) in [5.41, 5.74) is 0.585. The van der Waals surface area contributed by atoms with Crippen molar-refractivity contribution in [3.8, 4) is 0 Å². The first-order valence-corrected chi connectivity index (χ1v) is 7.34. The maximum atomic E-state index is 12.3. The number of carbonyl (C=O) groups is 1. The highest BCUT2D eigenvalue weighted by Gasteiger charge is 2.17. The summed E-state index contributed by atoms with van der Waals surface area (Å²) in [6.45, 7) is -0.0485. The molecule has 1 amide bonds. The van der Waals surface area contributed by atoms with Gasteiger partial charge in [0.2, 0.25) is 0 Å². The van der Waals surface area contributed by atoms with E-state index < -0.39 is 10.8 Å². The third kappa shape index (κ3) is 4.03. The predicted molar refractivity (Wildman–Crippen MR) is 83.1 cm³/mol. The summed E-state index contributed by atoms with van der Waals surface area (Å²) in [6, 6.07) is 7.32. The maximum absolute atomic E-state index is 12.3. The van der Waals surface area contributed by atoms with Gasteiger partial charge >= 0.3 is 0 Å². The van der Waals surface area contributed by atoms with Crippen LogP contribution < -0.4 is 5.32 Å². The number of nitro benzene ring substituents is 1. The van der Waals surface area contributed by atoms with E-state index >= 15 is 0 Å². The zero-order chi connectivity index (χ0) is 15.9. The highest BCUT2D eigenvalue weighted by molar-refractivity contribution is 7.99. The number of aliphatic hydroxyl groups is 1. The number of anilines is 1. The molecule has 0 saturated carbocycles. The van der Waals surface area contributed by atoms with Gasteiger partial charge in [-0.2, -0.15) is 0 Å². The minimum absolute atomic E-state index is 0.0485. The summed E-state index contributed by atoms with van der Waals surface area (Å²) in [5.74, 6) is -0.0526. The van der Waals surface area contributed by atoms with E-state index in [9.17, 15) is 14.9 Å². The molecule has 7 nitrogen and oxygen atoms in total. The van der Waals surface area contributed by atoms with E-state index in [0.717, 1.165) is 0 Å². The van der Waals surface area contributed by atoms with Gasteiger partial charge in [0.25, 0.3) is 11.6 Å². The number of hydrogen-bond acceptors (Lipinski definition) is 6. The molecule has 1 heterocycles. The van der Waals surface area contributed by atoms with Gasteiger partial charge in [-0.1, -0.05) is 0 Å². The number of hydrogen-bond donors (Lipinski definition) is 2. The van der Waals surface area contributed by atoms with Crippen LogP contribution in [0.4, 0.5) is 11.4 Å². The number of non-ortho nitro benzene ring substituents is 1. The van der Waals surface area contributed by atoms with E-state index in [1.165, 1.54) is 42.4 Å². The number of nitro groups is 1. The van der Waals surface area contributed by atoms with Crippen molar-refractivity contribution < 1.29 is 14.8 Å². The Morgan fingerprint density at radius 3 is 2.68 bits per heavy atom. The molecule has 0 aliphatic rings. The summed E-state index contributed by atoms with van der Waals surface area (Å²) in [7, 11) is 0. The smallest absolute Gasteiger partial charge is 0.270 e. The lowest BCUT2D eigenvalue weighted by Gasteiger charge is -2.09. The third-order valence-electron chi connectivity index (χ3n) is 2.71. The molecule has 8 heteroatoms. The Hall–Kier alpha value is -2.45. The first-order valence-electron chi connectivity index (χ1n) is 6.35. The number of carbonyl (C=O) groups excluding carboxylic acids is 1. The van der Waals surface area contributed by atoms with Crippen molar-refractivity contribution in [1.29, 1.82) is 0 Å². The number of thioether (sulfide) groups is 1. The van der Waals surface area contributed by atoms with Gasteiger partial charge in [0.1, 0.15) is 0 Å². The van der Waals surface area contributed by atoms with Gasteiger partial charge < -0.3 is 10.4 Å². The standard InChI is InChI=1S/C14H13N3O4S/c18-7-8-22-13-2-1-11(17(20)21)9-12(13)14(19)16-10-3-5-15-6-4-10/h1-6,9,18H,7-8H2,(H,15,16,19). The molecule has 0 saturated heterocycles. The predicted octanol–water partition coefficient (Wildman–Crippen LogP) is 2.33. The molecule has 2 aromatic rings. The lowest BCUT2D eigenvalue weighted by atomic mass is 10.2. The SMILES string of the molecule is O=C(Nc1ccncc1)c1cc([N+](=O)[O-])ccc1SCCO. The second-order valence-corrected chi connectivity index (χ2v) is 5.34. The Morgan fingerprint density at radius 2 is 2.05 bits per heavy atom. The van der Waals surface area contributed by atoms with E-state index in [1.54, 1.807) is 12.1 Å². The van der Waals surface area contributed by atoms with Crippen molar-refractivity contribution in [2.75, 3.05) is 17.7 Å².